The van der Waals surface area contributed by atoms with Crippen LogP contribution in [0.5, 0.6) is 0 Å². The average Bonchev–Trinajstić information content (AvgIpc) is 2.63. The Bertz CT molecular complexity index is 784. The fourth-order valence-corrected chi connectivity index (χ4v) is 2.75. The van der Waals surface area contributed by atoms with E-state index in [1.165, 1.54) is 12.1 Å². The fraction of sp³-hybridized carbons (Fsp3) is 0.316. The smallest absolute Gasteiger partial charge is 0.270 e. The lowest BCUT2D eigenvalue weighted by Crippen LogP contribution is -2.21. The third-order valence-corrected chi connectivity index (χ3v) is 4.17. The van der Waals surface area contributed by atoms with Crippen LogP contribution in [0.3, 0.4) is 0 Å². The third kappa shape index (κ3) is 4.30. The number of carbonyl (C=O) groups excluding carboxylic acids is 1. The number of nitro benzene ring substituents is 1. The highest BCUT2D eigenvalue weighted by atomic mass is 16.6. The molecule has 0 unspecified atom stereocenters. The SMILES string of the molecule is CCN(CC)c1ccc(NC(=O)c2cc([N+](=O)[O-])ccc2N(C)C)cc1. The molecule has 2 aromatic rings. The predicted molar refractivity (Wildman–Crippen MR) is 105 cm³/mol. The second-order valence-electron chi connectivity index (χ2n) is 6.03. The van der Waals surface area contributed by atoms with Gasteiger partial charge in [0.1, 0.15) is 0 Å². The highest BCUT2D eigenvalue weighted by Gasteiger charge is 2.18. The molecule has 0 aliphatic heterocycles. The van der Waals surface area contributed by atoms with Gasteiger partial charge in [0, 0.05) is 56.4 Å². The Kier molecular flexibility index (Phi) is 6.16. The molecule has 2 rings (SSSR count). The van der Waals surface area contributed by atoms with Gasteiger partial charge in [0.05, 0.1) is 10.5 Å². The van der Waals surface area contributed by atoms with Crippen LogP contribution in [0.15, 0.2) is 42.5 Å². The summed E-state index contributed by atoms with van der Waals surface area (Å²) < 4.78 is 0. The number of nitrogens with zero attached hydrogens (tertiary/aromatic N) is 3. The second-order valence-corrected chi connectivity index (χ2v) is 6.03. The van der Waals surface area contributed by atoms with Crippen LogP contribution in [-0.4, -0.2) is 38.0 Å². The van der Waals surface area contributed by atoms with Gasteiger partial charge in [-0.1, -0.05) is 0 Å². The molecule has 0 aliphatic carbocycles. The van der Waals surface area contributed by atoms with Gasteiger partial charge in [0.2, 0.25) is 0 Å². The molecule has 26 heavy (non-hydrogen) atoms. The summed E-state index contributed by atoms with van der Waals surface area (Å²) in [7, 11) is 3.58. The van der Waals surface area contributed by atoms with Gasteiger partial charge in [-0.05, 0) is 44.2 Å². The van der Waals surface area contributed by atoms with E-state index in [1.807, 2.05) is 24.3 Å². The number of amides is 1. The maximum atomic E-state index is 12.7. The molecule has 0 saturated carbocycles. The monoisotopic (exact) mass is 356 g/mol. The molecule has 0 heterocycles. The Morgan fingerprint density at radius 1 is 1.08 bits per heavy atom. The molecule has 0 atom stereocenters. The molecule has 2 aromatic carbocycles. The number of benzene rings is 2. The Hall–Kier alpha value is -3.09. The van der Waals surface area contributed by atoms with Crippen LogP contribution in [0, 0.1) is 10.1 Å². The summed E-state index contributed by atoms with van der Waals surface area (Å²) in [4.78, 5) is 27.2. The summed E-state index contributed by atoms with van der Waals surface area (Å²) >= 11 is 0. The molecular weight excluding hydrogens is 332 g/mol. The van der Waals surface area contributed by atoms with Crippen molar-refractivity contribution in [1.29, 1.82) is 0 Å². The standard InChI is InChI=1S/C19H24N4O3/c1-5-22(6-2)15-9-7-14(8-10-15)20-19(24)17-13-16(23(25)26)11-12-18(17)21(3)4/h7-13H,5-6H2,1-4H3,(H,20,24). The molecule has 0 fully saturated rings. The quantitative estimate of drug-likeness (QED) is 0.604. The molecule has 7 nitrogen and oxygen atoms in total. The van der Waals surface area contributed by atoms with Crippen LogP contribution in [-0.2, 0) is 0 Å². The summed E-state index contributed by atoms with van der Waals surface area (Å²) in [6.07, 6.45) is 0. The Labute approximate surface area is 153 Å². The van der Waals surface area contributed by atoms with Crippen molar-refractivity contribution in [3.05, 3.63) is 58.1 Å². The maximum absolute atomic E-state index is 12.7. The van der Waals surface area contributed by atoms with Gasteiger partial charge in [-0.3, -0.25) is 14.9 Å². The molecule has 7 heteroatoms. The molecule has 1 amide bonds. The highest BCUT2D eigenvalue weighted by molar-refractivity contribution is 6.08. The zero-order valence-electron chi connectivity index (χ0n) is 15.5. The minimum atomic E-state index is -0.505. The second kappa shape index (κ2) is 8.33. The lowest BCUT2D eigenvalue weighted by molar-refractivity contribution is -0.384. The topological polar surface area (TPSA) is 78.7 Å². The Morgan fingerprint density at radius 2 is 1.69 bits per heavy atom. The molecule has 0 aliphatic rings. The summed E-state index contributed by atoms with van der Waals surface area (Å²) in [6.45, 7) is 5.98. The van der Waals surface area contributed by atoms with Gasteiger partial charge >= 0.3 is 0 Å². The zero-order chi connectivity index (χ0) is 19.3. The van der Waals surface area contributed by atoms with Crippen molar-refractivity contribution < 1.29 is 9.72 Å². The Morgan fingerprint density at radius 3 is 2.19 bits per heavy atom. The zero-order valence-corrected chi connectivity index (χ0v) is 15.5. The normalized spacial score (nSPS) is 10.3. The van der Waals surface area contributed by atoms with Crippen molar-refractivity contribution in [3.63, 3.8) is 0 Å². The molecule has 138 valence electrons. The average molecular weight is 356 g/mol. The van der Waals surface area contributed by atoms with E-state index in [0.29, 0.717) is 11.4 Å². The van der Waals surface area contributed by atoms with E-state index in [1.54, 1.807) is 25.1 Å². The molecule has 0 bridgehead atoms. The number of anilines is 3. The summed E-state index contributed by atoms with van der Waals surface area (Å²) in [5, 5.41) is 13.8. The lowest BCUT2D eigenvalue weighted by Gasteiger charge is -2.21. The van der Waals surface area contributed by atoms with E-state index in [4.69, 9.17) is 0 Å². The molecule has 0 aromatic heterocycles. The number of non-ortho nitro benzene ring substituents is 1. The van der Waals surface area contributed by atoms with Crippen molar-refractivity contribution in [2.24, 2.45) is 0 Å². The van der Waals surface area contributed by atoms with Crippen LogP contribution < -0.4 is 15.1 Å². The minimum Gasteiger partial charge on any atom is -0.377 e. The van der Waals surface area contributed by atoms with Gasteiger partial charge < -0.3 is 15.1 Å². The number of nitro groups is 1. The van der Waals surface area contributed by atoms with Crippen molar-refractivity contribution in [3.8, 4) is 0 Å². The lowest BCUT2D eigenvalue weighted by atomic mass is 10.1. The van der Waals surface area contributed by atoms with Crippen molar-refractivity contribution in [1.82, 2.24) is 0 Å². The summed E-state index contributed by atoms with van der Waals surface area (Å²) in [5.41, 5.74) is 2.49. The van der Waals surface area contributed by atoms with Gasteiger partial charge in [0.15, 0.2) is 0 Å². The van der Waals surface area contributed by atoms with E-state index in [9.17, 15) is 14.9 Å². The Balaban J connectivity index is 2.26. The van der Waals surface area contributed by atoms with Gasteiger partial charge in [0.25, 0.3) is 11.6 Å². The number of hydrogen-bond acceptors (Lipinski definition) is 5. The van der Waals surface area contributed by atoms with E-state index < -0.39 is 4.92 Å². The van der Waals surface area contributed by atoms with Gasteiger partial charge in [-0.15, -0.1) is 0 Å². The van der Waals surface area contributed by atoms with E-state index in [0.717, 1.165) is 18.8 Å². The minimum absolute atomic E-state index is 0.113. The van der Waals surface area contributed by atoms with Crippen LogP contribution in [0.25, 0.3) is 0 Å². The molecule has 0 spiro atoms. The number of nitrogens with one attached hydrogen (secondary N) is 1. The first-order valence-electron chi connectivity index (χ1n) is 8.49. The van der Waals surface area contributed by atoms with E-state index in [-0.39, 0.29) is 17.2 Å². The largest absolute Gasteiger partial charge is 0.377 e. The summed E-state index contributed by atoms with van der Waals surface area (Å²) in [5.74, 6) is -0.381. The van der Waals surface area contributed by atoms with Crippen LogP contribution in [0.1, 0.15) is 24.2 Å². The first-order chi connectivity index (χ1) is 12.4. The van der Waals surface area contributed by atoms with Crippen molar-refractivity contribution in [2.45, 2.75) is 13.8 Å². The third-order valence-electron chi connectivity index (χ3n) is 4.17. The summed E-state index contributed by atoms with van der Waals surface area (Å²) in [6, 6.07) is 11.8. The molecule has 1 N–H and O–H groups in total. The van der Waals surface area contributed by atoms with Crippen LogP contribution >= 0.6 is 0 Å². The van der Waals surface area contributed by atoms with Crippen LogP contribution in [0.2, 0.25) is 0 Å². The van der Waals surface area contributed by atoms with Crippen molar-refractivity contribution in [2.75, 3.05) is 42.3 Å². The fourth-order valence-electron chi connectivity index (χ4n) is 2.75. The molecular formula is C19H24N4O3. The maximum Gasteiger partial charge on any atom is 0.270 e. The number of rotatable bonds is 7. The van der Waals surface area contributed by atoms with Crippen molar-refractivity contribution >= 4 is 28.7 Å². The first kappa shape index (κ1) is 19.2. The predicted octanol–water partition coefficient (Wildman–Crippen LogP) is 3.76. The molecule has 0 saturated heterocycles. The highest BCUT2D eigenvalue weighted by Crippen LogP contribution is 2.26. The van der Waals surface area contributed by atoms with E-state index >= 15 is 0 Å². The first-order valence-corrected chi connectivity index (χ1v) is 8.49. The van der Waals surface area contributed by atoms with E-state index in [2.05, 4.69) is 24.1 Å². The number of carbonyl (C=O) groups is 1. The van der Waals surface area contributed by atoms with Crippen LogP contribution in [0.4, 0.5) is 22.7 Å². The molecule has 0 radical (unpaired) electrons. The van der Waals surface area contributed by atoms with Gasteiger partial charge in [-0.25, -0.2) is 0 Å². The van der Waals surface area contributed by atoms with Gasteiger partial charge in [-0.2, -0.15) is 0 Å². The number of hydrogen-bond donors (Lipinski definition) is 1.